The van der Waals surface area contributed by atoms with Crippen molar-refractivity contribution in [3.05, 3.63) is 54.4 Å². The quantitative estimate of drug-likeness (QED) is 0.769. The molecule has 0 aliphatic carbocycles. The van der Waals surface area contributed by atoms with Crippen molar-refractivity contribution >= 4 is 6.08 Å². The molecule has 0 unspecified atom stereocenters. The molecule has 1 aromatic carbocycles. The molecule has 0 bridgehead atoms. The van der Waals surface area contributed by atoms with Crippen molar-refractivity contribution in [2.45, 2.75) is 0 Å². The molecule has 0 aliphatic rings. The SMILES string of the molecule is COC=Cc1c(OC)cccc1Oc1ccccn1. The van der Waals surface area contributed by atoms with Crippen molar-refractivity contribution in [1.29, 1.82) is 0 Å². The summed E-state index contributed by atoms with van der Waals surface area (Å²) < 4.78 is 16.0. The first kappa shape index (κ1) is 13.0. The molecule has 1 heterocycles. The van der Waals surface area contributed by atoms with Gasteiger partial charge in [0, 0.05) is 12.3 Å². The molecule has 0 N–H and O–H groups in total. The normalized spacial score (nSPS) is 10.4. The van der Waals surface area contributed by atoms with Crippen LogP contribution in [0, 0.1) is 0 Å². The van der Waals surface area contributed by atoms with Crippen LogP contribution in [0.1, 0.15) is 5.56 Å². The fraction of sp³-hybridized carbons (Fsp3) is 0.133. The molecule has 0 radical (unpaired) electrons. The Morgan fingerprint density at radius 3 is 2.53 bits per heavy atom. The predicted octanol–water partition coefficient (Wildman–Crippen LogP) is 3.50. The van der Waals surface area contributed by atoms with Crippen LogP contribution in [0.3, 0.4) is 0 Å². The molecular weight excluding hydrogens is 242 g/mol. The third-order valence-electron chi connectivity index (χ3n) is 2.47. The monoisotopic (exact) mass is 257 g/mol. The number of hydrogen-bond acceptors (Lipinski definition) is 4. The zero-order valence-electron chi connectivity index (χ0n) is 10.9. The first-order valence-corrected chi connectivity index (χ1v) is 5.80. The maximum absolute atomic E-state index is 5.75. The van der Waals surface area contributed by atoms with E-state index in [1.165, 1.54) is 0 Å². The molecule has 4 heteroatoms. The summed E-state index contributed by atoms with van der Waals surface area (Å²) >= 11 is 0. The topological polar surface area (TPSA) is 40.6 Å². The predicted molar refractivity (Wildman–Crippen MR) is 73.3 cm³/mol. The van der Waals surface area contributed by atoms with Gasteiger partial charge in [0.2, 0.25) is 5.88 Å². The van der Waals surface area contributed by atoms with E-state index in [2.05, 4.69) is 4.98 Å². The van der Waals surface area contributed by atoms with E-state index in [4.69, 9.17) is 14.2 Å². The molecule has 1 aromatic heterocycles. The molecule has 0 saturated carbocycles. The van der Waals surface area contributed by atoms with E-state index in [1.807, 2.05) is 30.3 Å². The standard InChI is InChI=1S/C15H15NO3/c1-17-11-9-12-13(18-2)6-5-7-14(12)19-15-8-3-4-10-16-15/h3-11H,1-2H3. The number of rotatable bonds is 5. The lowest BCUT2D eigenvalue weighted by molar-refractivity contribution is 0.340. The highest BCUT2D eigenvalue weighted by atomic mass is 16.5. The first-order chi connectivity index (χ1) is 9.35. The Labute approximate surface area is 112 Å². The highest BCUT2D eigenvalue weighted by molar-refractivity contribution is 5.64. The van der Waals surface area contributed by atoms with Crippen molar-refractivity contribution in [2.24, 2.45) is 0 Å². The van der Waals surface area contributed by atoms with E-state index in [9.17, 15) is 0 Å². The van der Waals surface area contributed by atoms with Gasteiger partial charge in [-0.05, 0) is 24.3 Å². The number of nitrogens with zero attached hydrogens (tertiary/aromatic N) is 1. The number of ether oxygens (including phenoxy) is 3. The van der Waals surface area contributed by atoms with Crippen LogP contribution in [0.4, 0.5) is 0 Å². The van der Waals surface area contributed by atoms with E-state index in [0.717, 1.165) is 5.56 Å². The molecular formula is C15H15NO3. The van der Waals surface area contributed by atoms with Crippen molar-refractivity contribution in [3.63, 3.8) is 0 Å². The van der Waals surface area contributed by atoms with Gasteiger partial charge in [-0.2, -0.15) is 0 Å². The molecule has 2 rings (SSSR count). The average Bonchev–Trinajstić information content (AvgIpc) is 2.46. The Morgan fingerprint density at radius 1 is 1.00 bits per heavy atom. The summed E-state index contributed by atoms with van der Waals surface area (Å²) in [6.45, 7) is 0. The Bertz CT molecular complexity index is 553. The highest BCUT2D eigenvalue weighted by Crippen LogP contribution is 2.32. The maximum atomic E-state index is 5.75. The largest absolute Gasteiger partial charge is 0.504 e. The lowest BCUT2D eigenvalue weighted by atomic mass is 10.1. The van der Waals surface area contributed by atoms with Gasteiger partial charge in [-0.1, -0.05) is 12.1 Å². The van der Waals surface area contributed by atoms with Gasteiger partial charge in [0.05, 0.1) is 26.0 Å². The summed E-state index contributed by atoms with van der Waals surface area (Å²) in [4.78, 5) is 4.13. The third kappa shape index (κ3) is 3.25. The fourth-order valence-electron chi connectivity index (χ4n) is 1.61. The highest BCUT2D eigenvalue weighted by Gasteiger charge is 2.08. The number of pyridine rings is 1. The fourth-order valence-corrected chi connectivity index (χ4v) is 1.61. The number of benzene rings is 1. The number of methoxy groups -OCH3 is 2. The molecule has 2 aromatic rings. The summed E-state index contributed by atoms with van der Waals surface area (Å²) in [5.74, 6) is 1.90. The minimum Gasteiger partial charge on any atom is -0.504 e. The molecule has 0 aliphatic heterocycles. The van der Waals surface area contributed by atoms with Gasteiger partial charge in [0.15, 0.2) is 0 Å². The second-order valence-corrected chi connectivity index (χ2v) is 3.68. The van der Waals surface area contributed by atoms with Crippen LogP contribution in [-0.2, 0) is 4.74 Å². The van der Waals surface area contributed by atoms with Gasteiger partial charge in [-0.25, -0.2) is 4.98 Å². The first-order valence-electron chi connectivity index (χ1n) is 5.80. The van der Waals surface area contributed by atoms with Gasteiger partial charge in [-0.3, -0.25) is 0 Å². The number of aromatic nitrogens is 1. The molecule has 19 heavy (non-hydrogen) atoms. The minimum atomic E-state index is 0.530. The number of hydrogen-bond donors (Lipinski definition) is 0. The molecule has 98 valence electrons. The van der Waals surface area contributed by atoms with E-state index in [-0.39, 0.29) is 0 Å². The van der Waals surface area contributed by atoms with Gasteiger partial charge in [0.25, 0.3) is 0 Å². The van der Waals surface area contributed by atoms with Crippen LogP contribution in [0.2, 0.25) is 0 Å². The smallest absolute Gasteiger partial charge is 0.219 e. The Morgan fingerprint density at radius 2 is 1.84 bits per heavy atom. The van der Waals surface area contributed by atoms with Crippen LogP contribution in [0.5, 0.6) is 17.4 Å². The zero-order chi connectivity index (χ0) is 13.5. The summed E-state index contributed by atoms with van der Waals surface area (Å²) in [5.41, 5.74) is 0.803. The summed E-state index contributed by atoms with van der Waals surface area (Å²) in [7, 11) is 3.20. The lowest BCUT2D eigenvalue weighted by Crippen LogP contribution is -1.93. The minimum absolute atomic E-state index is 0.530. The van der Waals surface area contributed by atoms with Gasteiger partial charge < -0.3 is 14.2 Å². The lowest BCUT2D eigenvalue weighted by Gasteiger charge is -2.11. The second-order valence-electron chi connectivity index (χ2n) is 3.68. The molecule has 0 amide bonds. The van der Waals surface area contributed by atoms with Gasteiger partial charge in [-0.15, -0.1) is 0 Å². The van der Waals surface area contributed by atoms with Crippen LogP contribution < -0.4 is 9.47 Å². The van der Waals surface area contributed by atoms with Crippen LogP contribution in [0.15, 0.2) is 48.9 Å². The molecule has 0 atom stereocenters. The molecule has 4 nitrogen and oxygen atoms in total. The van der Waals surface area contributed by atoms with Gasteiger partial charge >= 0.3 is 0 Å². The third-order valence-corrected chi connectivity index (χ3v) is 2.47. The van der Waals surface area contributed by atoms with E-state index in [1.54, 1.807) is 38.8 Å². The Hall–Kier alpha value is -2.49. The summed E-state index contributed by atoms with van der Waals surface area (Å²) in [6.07, 6.45) is 5.04. The Balaban J connectivity index is 2.36. The van der Waals surface area contributed by atoms with Crippen LogP contribution in [0.25, 0.3) is 6.08 Å². The van der Waals surface area contributed by atoms with E-state index >= 15 is 0 Å². The van der Waals surface area contributed by atoms with E-state index < -0.39 is 0 Å². The van der Waals surface area contributed by atoms with Crippen molar-refractivity contribution in [2.75, 3.05) is 14.2 Å². The molecule has 0 spiro atoms. The Kier molecular flexibility index (Phi) is 4.39. The average molecular weight is 257 g/mol. The van der Waals surface area contributed by atoms with E-state index in [0.29, 0.717) is 17.4 Å². The second kappa shape index (κ2) is 6.44. The van der Waals surface area contributed by atoms with Crippen molar-refractivity contribution < 1.29 is 14.2 Å². The summed E-state index contributed by atoms with van der Waals surface area (Å²) in [6, 6.07) is 11.1. The summed E-state index contributed by atoms with van der Waals surface area (Å²) in [5, 5.41) is 0. The van der Waals surface area contributed by atoms with Crippen molar-refractivity contribution in [1.82, 2.24) is 4.98 Å². The zero-order valence-corrected chi connectivity index (χ0v) is 10.9. The van der Waals surface area contributed by atoms with Crippen LogP contribution >= 0.6 is 0 Å². The van der Waals surface area contributed by atoms with Crippen molar-refractivity contribution in [3.8, 4) is 17.4 Å². The van der Waals surface area contributed by atoms with Gasteiger partial charge in [0.1, 0.15) is 11.5 Å². The molecule has 0 saturated heterocycles. The maximum Gasteiger partial charge on any atom is 0.219 e. The molecule has 0 fully saturated rings. The van der Waals surface area contributed by atoms with Crippen LogP contribution in [-0.4, -0.2) is 19.2 Å².